The molecule has 0 aliphatic rings. The second kappa shape index (κ2) is 4.37. The minimum atomic E-state index is 0.511. The Morgan fingerprint density at radius 1 is 1.25 bits per heavy atom. The summed E-state index contributed by atoms with van der Waals surface area (Å²) >= 11 is 0. The lowest BCUT2D eigenvalue weighted by Crippen LogP contribution is -2.06. The van der Waals surface area contributed by atoms with Gasteiger partial charge in [0.05, 0.1) is 11.4 Å². The largest absolute Gasteiger partial charge is 0.369 e. The second-order valence-electron chi connectivity index (χ2n) is 5.19. The van der Waals surface area contributed by atoms with E-state index in [2.05, 4.69) is 49.1 Å². The molecule has 5 nitrogen and oxygen atoms in total. The van der Waals surface area contributed by atoms with Gasteiger partial charge in [-0.2, -0.15) is 5.10 Å². The van der Waals surface area contributed by atoms with Crippen molar-refractivity contribution in [1.82, 2.24) is 19.3 Å². The molecule has 5 heteroatoms. The van der Waals surface area contributed by atoms with Crippen LogP contribution in [0.25, 0.3) is 16.9 Å². The van der Waals surface area contributed by atoms with Crippen molar-refractivity contribution in [2.45, 2.75) is 27.2 Å². The zero-order valence-corrected chi connectivity index (χ0v) is 12.3. The Bertz CT molecular complexity index is 794. The van der Waals surface area contributed by atoms with Crippen molar-refractivity contribution in [1.29, 1.82) is 0 Å². The molecule has 0 bridgehead atoms. The number of rotatable bonds is 2. The Morgan fingerprint density at radius 3 is 2.70 bits per heavy atom. The fourth-order valence-electron chi connectivity index (χ4n) is 2.63. The van der Waals surface area contributed by atoms with Crippen LogP contribution in [-0.4, -0.2) is 19.3 Å². The van der Waals surface area contributed by atoms with E-state index in [1.54, 1.807) is 0 Å². The molecule has 0 saturated heterocycles. The van der Waals surface area contributed by atoms with Gasteiger partial charge in [0.15, 0.2) is 5.65 Å². The van der Waals surface area contributed by atoms with Gasteiger partial charge in [-0.1, -0.05) is 19.1 Å². The molecule has 0 aliphatic heterocycles. The predicted octanol–water partition coefficient (Wildman–Crippen LogP) is 2.52. The van der Waals surface area contributed by atoms with Crippen LogP contribution in [0.1, 0.15) is 23.7 Å². The minimum absolute atomic E-state index is 0.511. The molecule has 2 heterocycles. The number of anilines is 1. The first kappa shape index (κ1) is 12.7. The van der Waals surface area contributed by atoms with Crippen molar-refractivity contribution in [3.05, 3.63) is 35.0 Å². The first-order valence-corrected chi connectivity index (χ1v) is 6.80. The average molecular weight is 269 g/mol. The highest BCUT2D eigenvalue weighted by Crippen LogP contribution is 2.27. The summed E-state index contributed by atoms with van der Waals surface area (Å²) in [5, 5.41) is 4.53. The zero-order chi connectivity index (χ0) is 14.4. The van der Waals surface area contributed by atoms with Crippen LogP contribution in [-0.2, 0) is 13.5 Å². The van der Waals surface area contributed by atoms with Gasteiger partial charge in [0.1, 0.15) is 5.52 Å². The number of hydrogen-bond donors (Lipinski definition) is 1. The number of aryl methyl sites for hydroxylation is 4. The number of hydrogen-bond acceptors (Lipinski definition) is 3. The Morgan fingerprint density at radius 2 is 2.00 bits per heavy atom. The van der Waals surface area contributed by atoms with Gasteiger partial charge in [-0.25, -0.2) is 9.67 Å². The maximum absolute atomic E-state index is 6.15. The normalized spacial score (nSPS) is 11.4. The van der Waals surface area contributed by atoms with Crippen LogP contribution in [0.4, 0.5) is 5.95 Å². The van der Waals surface area contributed by atoms with Gasteiger partial charge in [-0.05, 0) is 37.5 Å². The molecule has 20 heavy (non-hydrogen) atoms. The number of imidazole rings is 1. The maximum Gasteiger partial charge on any atom is 0.207 e. The molecule has 0 spiro atoms. The van der Waals surface area contributed by atoms with E-state index < -0.39 is 0 Å². The lowest BCUT2D eigenvalue weighted by atomic mass is 10.1. The summed E-state index contributed by atoms with van der Waals surface area (Å²) in [5.74, 6) is 0.511. The van der Waals surface area contributed by atoms with Gasteiger partial charge >= 0.3 is 0 Å². The first-order valence-electron chi connectivity index (χ1n) is 6.80. The highest BCUT2D eigenvalue weighted by Gasteiger charge is 2.19. The fraction of sp³-hybridized carbons (Fsp3) is 0.333. The van der Waals surface area contributed by atoms with E-state index in [1.807, 2.05) is 16.3 Å². The highest BCUT2D eigenvalue weighted by atomic mass is 15.3. The lowest BCUT2D eigenvalue weighted by molar-refractivity contribution is 0.751. The number of nitrogens with zero attached hydrogens (tertiary/aromatic N) is 4. The van der Waals surface area contributed by atoms with Crippen molar-refractivity contribution in [3.63, 3.8) is 0 Å². The van der Waals surface area contributed by atoms with E-state index in [9.17, 15) is 0 Å². The smallest absolute Gasteiger partial charge is 0.207 e. The van der Waals surface area contributed by atoms with Crippen molar-refractivity contribution in [3.8, 4) is 5.69 Å². The molecular formula is C15H19N5. The Balaban J connectivity index is 2.39. The summed E-state index contributed by atoms with van der Waals surface area (Å²) < 4.78 is 3.85. The van der Waals surface area contributed by atoms with Crippen molar-refractivity contribution in [2.24, 2.45) is 7.05 Å². The van der Waals surface area contributed by atoms with Crippen LogP contribution in [0.2, 0.25) is 0 Å². The number of nitrogen functional groups attached to an aromatic ring is 1. The molecule has 3 rings (SSSR count). The van der Waals surface area contributed by atoms with E-state index in [4.69, 9.17) is 5.73 Å². The fourth-order valence-corrected chi connectivity index (χ4v) is 2.63. The monoisotopic (exact) mass is 269 g/mol. The number of nitrogens with two attached hydrogens (primary N) is 1. The van der Waals surface area contributed by atoms with E-state index in [0.29, 0.717) is 5.95 Å². The molecule has 0 radical (unpaired) electrons. The number of benzene rings is 1. The van der Waals surface area contributed by atoms with Crippen LogP contribution in [0.3, 0.4) is 0 Å². The zero-order valence-electron chi connectivity index (χ0n) is 12.3. The number of aromatic nitrogens is 4. The predicted molar refractivity (Wildman–Crippen MR) is 81.1 cm³/mol. The SMILES string of the molecule is CCc1nn(C)c2c1nc(N)n2-c1cc(C)ccc1C. The van der Waals surface area contributed by atoms with Crippen molar-refractivity contribution >= 4 is 17.1 Å². The third-order valence-electron chi connectivity index (χ3n) is 3.67. The molecule has 0 unspecified atom stereocenters. The van der Waals surface area contributed by atoms with Crippen LogP contribution in [0.5, 0.6) is 0 Å². The minimum Gasteiger partial charge on any atom is -0.369 e. The van der Waals surface area contributed by atoms with Crippen molar-refractivity contribution in [2.75, 3.05) is 5.73 Å². The van der Waals surface area contributed by atoms with Crippen LogP contribution in [0.15, 0.2) is 18.2 Å². The molecule has 0 atom stereocenters. The average Bonchev–Trinajstić information content (AvgIpc) is 2.90. The van der Waals surface area contributed by atoms with E-state index in [1.165, 1.54) is 11.1 Å². The molecule has 2 aromatic heterocycles. The molecule has 1 aromatic carbocycles. The van der Waals surface area contributed by atoms with E-state index in [-0.39, 0.29) is 0 Å². The standard InChI is InChI=1S/C15H19N5/c1-5-11-13-14(19(4)18-11)20(15(16)17-13)12-8-9(2)6-7-10(12)3/h6-8H,5H2,1-4H3,(H2,16,17). The maximum atomic E-state index is 6.15. The lowest BCUT2D eigenvalue weighted by Gasteiger charge is -2.11. The van der Waals surface area contributed by atoms with Gasteiger partial charge in [0.2, 0.25) is 5.95 Å². The van der Waals surface area contributed by atoms with Gasteiger partial charge in [0.25, 0.3) is 0 Å². The third kappa shape index (κ3) is 1.70. The van der Waals surface area contributed by atoms with Gasteiger partial charge in [0, 0.05) is 7.05 Å². The molecule has 0 amide bonds. The first-order chi connectivity index (χ1) is 9.52. The van der Waals surface area contributed by atoms with Gasteiger partial charge in [-0.15, -0.1) is 0 Å². The molecule has 0 fully saturated rings. The summed E-state index contributed by atoms with van der Waals surface area (Å²) in [6.07, 6.45) is 0.848. The van der Waals surface area contributed by atoms with Crippen LogP contribution in [0, 0.1) is 13.8 Å². The summed E-state index contributed by atoms with van der Waals surface area (Å²) in [7, 11) is 1.93. The summed E-state index contributed by atoms with van der Waals surface area (Å²) in [5.41, 5.74) is 12.4. The summed E-state index contributed by atoms with van der Waals surface area (Å²) in [4.78, 5) is 4.51. The van der Waals surface area contributed by atoms with Crippen molar-refractivity contribution < 1.29 is 0 Å². The number of fused-ring (bicyclic) bond motifs is 1. The Kier molecular flexibility index (Phi) is 2.78. The highest BCUT2D eigenvalue weighted by molar-refractivity contribution is 5.80. The summed E-state index contributed by atoms with van der Waals surface area (Å²) in [6, 6.07) is 6.34. The molecule has 2 N–H and O–H groups in total. The second-order valence-corrected chi connectivity index (χ2v) is 5.19. The van der Waals surface area contributed by atoms with E-state index >= 15 is 0 Å². The summed E-state index contributed by atoms with van der Waals surface area (Å²) in [6.45, 7) is 6.24. The van der Waals surface area contributed by atoms with E-state index in [0.717, 1.165) is 29.0 Å². The molecule has 3 aromatic rings. The quantitative estimate of drug-likeness (QED) is 0.777. The van der Waals surface area contributed by atoms with Crippen LogP contribution < -0.4 is 5.73 Å². The Hall–Kier alpha value is -2.30. The third-order valence-corrected chi connectivity index (χ3v) is 3.67. The van der Waals surface area contributed by atoms with Gasteiger partial charge < -0.3 is 5.73 Å². The molecule has 0 aliphatic carbocycles. The molecule has 0 saturated carbocycles. The Labute approximate surface area is 118 Å². The van der Waals surface area contributed by atoms with Gasteiger partial charge in [-0.3, -0.25) is 4.57 Å². The van der Waals surface area contributed by atoms with Crippen LogP contribution >= 0.6 is 0 Å². The molecular weight excluding hydrogens is 250 g/mol. The topological polar surface area (TPSA) is 61.7 Å². The molecule has 104 valence electrons.